The van der Waals surface area contributed by atoms with Crippen molar-refractivity contribution in [3.8, 4) is 21.6 Å². The lowest BCUT2D eigenvalue weighted by Gasteiger charge is -2.12. The highest BCUT2D eigenvalue weighted by molar-refractivity contribution is 8.01. The Morgan fingerprint density at radius 1 is 0.474 bits per heavy atom. The third kappa shape index (κ3) is 4.05. The first-order valence-corrected chi connectivity index (χ1v) is 15.0. The summed E-state index contributed by atoms with van der Waals surface area (Å²) in [5.74, 6) is 0. The van der Waals surface area contributed by atoms with Crippen molar-refractivity contribution >= 4 is 31.7 Å². The van der Waals surface area contributed by atoms with Gasteiger partial charge in [0.15, 0.2) is 0 Å². The summed E-state index contributed by atoms with van der Waals surface area (Å²) in [7, 11) is -3.81. The number of fused-ring (bicyclic) bond motifs is 1. The van der Waals surface area contributed by atoms with Crippen molar-refractivity contribution < 1.29 is 8.42 Å². The summed E-state index contributed by atoms with van der Waals surface area (Å²) >= 11 is 1.58. The fourth-order valence-corrected chi connectivity index (χ4v) is 8.91. The molecule has 0 radical (unpaired) electrons. The molecule has 0 aliphatic carbocycles. The number of benzene rings is 4. The molecule has 0 saturated heterocycles. The number of thiophene rings is 1. The molecule has 1 aliphatic heterocycles. The van der Waals surface area contributed by atoms with Crippen molar-refractivity contribution in [3.63, 3.8) is 0 Å². The molecule has 0 unspecified atom stereocenters. The summed E-state index contributed by atoms with van der Waals surface area (Å²) < 4.78 is 29.3. The van der Waals surface area contributed by atoms with E-state index in [1.807, 2.05) is 69.3 Å². The van der Waals surface area contributed by atoms with Crippen LogP contribution in [0.1, 0.15) is 38.3 Å². The molecule has 0 N–H and O–H groups in total. The molecule has 188 valence electrons. The van der Waals surface area contributed by atoms with Gasteiger partial charge in [0.25, 0.3) is 0 Å². The second-order valence-corrected chi connectivity index (χ2v) is 13.0. The molecular weight excluding hydrogens is 505 g/mol. The molecule has 0 saturated carbocycles. The van der Waals surface area contributed by atoms with Crippen LogP contribution in [0.2, 0.25) is 0 Å². The van der Waals surface area contributed by atoms with E-state index in [1.54, 1.807) is 11.3 Å². The second kappa shape index (κ2) is 9.23. The number of hydrogen-bond acceptors (Lipinski definition) is 3. The highest BCUT2D eigenvalue weighted by Crippen LogP contribution is 2.57. The normalized spacial score (nSPS) is 14.1. The molecule has 0 spiro atoms. The molecule has 1 aromatic heterocycles. The quantitative estimate of drug-likeness (QED) is 0.231. The number of aryl methyl sites for hydroxylation is 4. The average molecular weight is 533 g/mol. The van der Waals surface area contributed by atoms with E-state index >= 15 is 0 Å². The molecule has 1 aliphatic rings. The van der Waals surface area contributed by atoms with Crippen molar-refractivity contribution in [3.05, 3.63) is 135 Å². The average Bonchev–Trinajstić information content (AvgIpc) is 3.40. The Bertz CT molecular complexity index is 1800. The Morgan fingerprint density at radius 2 is 0.868 bits per heavy atom. The zero-order valence-electron chi connectivity index (χ0n) is 21.9. The van der Waals surface area contributed by atoms with Gasteiger partial charge in [0, 0.05) is 16.0 Å². The Balaban J connectivity index is 1.72. The van der Waals surface area contributed by atoms with Gasteiger partial charge in [-0.15, -0.1) is 11.3 Å². The van der Waals surface area contributed by atoms with E-state index in [-0.39, 0.29) is 0 Å². The minimum atomic E-state index is -3.81. The Labute approximate surface area is 228 Å². The highest BCUT2D eigenvalue weighted by Gasteiger charge is 2.42. The third-order valence-electron chi connectivity index (χ3n) is 7.16. The number of hydrogen-bond donors (Lipinski definition) is 0. The van der Waals surface area contributed by atoms with E-state index < -0.39 is 9.84 Å². The first kappa shape index (κ1) is 24.6. The Morgan fingerprint density at radius 3 is 1.34 bits per heavy atom. The van der Waals surface area contributed by atoms with Gasteiger partial charge in [0.2, 0.25) is 9.84 Å². The van der Waals surface area contributed by atoms with E-state index in [0.29, 0.717) is 9.80 Å². The van der Waals surface area contributed by atoms with Crippen LogP contribution in [0, 0.1) is 27.7 Å². The van der Waals surface area contributed by atoms with Crippen molar-refractivity contribution in [2.45, 2.75) is 32.6 Å². The topological polar surface area (TPSA) is 34.1 Å². The summed E-state index contributed by atoms with van der Waals surface area (Å²) in [4.78, 5) is 2.62. The van der Waals surface area contributed by atoms with Gasteiger partial charge in [0.05, 0.1) is 14.7 Å². The third-order valence-corrected chi connectivity index (χ3v) is 10.5. The lowest BCUT2D eigenvalue weighted by atomic mass is 9.97. The van der Waals surface area contributed by atoms with Crippen LogP contribution in [0.5, 0.6) is 0 Å². The molecule has 2 nitrogen and oxygen atoms in total. The molecule has 6 rings (SSSR count). The van der Waals surface area contributed by atoms with Crippen molar-refractivity contribution in [2.75, 3.05) is 0 Å². The summed E-state index contributed by atoms with van der Waals surface area (Å²) in [5.41, 5.74) is 9.71. The Hall–Kier alpha value is -3.73. The molecule has 0 amide bonds. The fourth-order valence-electron chi connectivity index (χ4n) is 5.05. The van der Waals surface area contributed by atoms with E-state index in [0.717, 1.165) is 59.8 Å². The first-order valence-electron chi connectivity index (χ1n) is 12.7. The predicted molar refractivity (Wildman–Crippen MR) is 160 cm³/mol. The van der Waals surface area contributed by atoms with Gasteiger partial charge < -0.3 is 0 Å². The van der Waals surface area contributed by atoms with Gasteiger partial charge in [0.1, 0.15) is 0 Å². The summed E-state index contributed by atoms with van der Waals surface area (Å²) in [6, 6.07) is 32.6. The van der Waals surface area contributed by atoms with Gasteiger partial charge >= 0.3 is 0 Å². The van der Waals surface area contributed by atoms with Crippen LogP contribution in [0.25, 0.3) is 32.0 Å². The zero-order chi connectivity index (χ0) is 26.6. The standard InChI is InChI=1S/C34H28O2S2/c1-21-5-13-25(14-6-21)29-31(27-17-9-23(3)10-18-27)37-32-30(26-15-7-22(2)8-16-26)33(38(35,36)34(29)32)28-19-11-24(4)12-20-28/h5-20H,1-4H3. The van der Waals surface area contributed by atoms with Crippen LogP contribution < -0.4 is 0 Å². The van der Waals surface area contributed by atoms with Crippen molar-refractivity contribution in [1.82, 2.24) is 0 Å². The van der Waals surface area contributed by atoms with Crippen LogP contribution in [0.3, 0.4) is 0 Å². The SMILES string of the molecule is Cc1ccc(C2=C(c3ccc(C)cc3)S(=O)(=O)c3c2sc(-c2ccc(C)cc2)c3-c2ccc(C)cc2)cc1. The molecule has 38 heavy (non-hydrogen) atoms. The molecule has 4 aromatic carbocycles. The van der Waals surface area contributed by atoms with E-state index in [1.165, 1.54) is 5.56 Å². The van der Waals surface area contributed by atoms with Crippen molar-refractivity contribution in [2.24, 2.45) is 0 Å². The zero-order valence-corrected chi connectivity index (χ0v) is 23.5. The maximum atomic E-state index is 14.6. The highest BCUT2D eigenvalue weighted by atomic mass is 32.2. The smallest absolute Gasteiger partial charge is 0.209 e. The van der Waals surface area contributed by atoms with Gasteiger partial charge in [-0.3, -0.25) is 0 Å². The Kier molecular flexibility index (Phi) is 5.97. The predicted octanol–water partition coefficient (Wildman–Crippen LogP) is 9.02. The van der Waals surface area contributed by atoms with Crippen LogP contribution in [0.4, 0.5) is 0 Å². The lowest BCUT2D eigenvalue weighted by Crippen LogP contribution is -2.02. The van der Waals surface area contributed by atoms with Gasteiger partial charge in [-0.1, -0.05) is 119 Å². The minimum absolute atomic E-state index is 0.395. The molecule has 0 atom stereocenters. The summed E-state index contributed by atoms with van der Waals surface area (Å²) in [5, 5.41) is 0. The molecule has 0 fully saturated rings. The maximum Gasteiger partial charge on any atom is 0.209 e. The van der Waals surface area contributed by atoms with Crippen LogP contribution in [-0.4, -0.2) is 8.42 Å². The van der Waals surface area contributed by atoms with Crippen LogP contribution >= 0.6 is 11.3 Å². The van der Waals surface area contributed by atoms with Crippen LogP contribution in [0.15, 0.2) is 102 Å². The van der Waals surface area contributed by atoms with Gasteiger partial charge in [-0.2, -0.15) is 0 Å². The number of sulfone groups is 1. The maximum absolute atomic E-state index is 14.6. The van der Waals surface area contributed by atoms with E-state index in [9.17, 15) is 8.42 Å². The lowest BCUT2D eigenvalue weighted by molar-refractivity contribution is 0.607. The van der Waals surface area contributed by atoms with Crippen LogP contribution in [-0.2, 0) is 9.84 Å². The van der Waals surface area contributed by atoms with Crippen molar-refractivity contribution in [1.29, 1.82) is 0 Å². The van der Waals surface area contributed by atoms with Gasteiger partial charge in [-0.05, 0) is 49.9 Å². The summed E-state index contributed by atoms with van der Waals surface area (Å²) in [6.45, 7) is 8.18. The molecule has 2 heterocycles. The summed E-state index contributed by atoms with van der Waals surface area (Å²) in [6.07, 6.45) is 0. The van der Waals surface area contributed by atoms with E-state index in [2.05, 4.69) is 55.5 Å². The molecule has 4 heteroatoms. The van der Waals surface area contributed by atoms with E-state index in [4.69, 9.17) is 0 Å². The largest absolute Gasteiger partial charge is 0.218 e. The first-order chi connectivity index (χ1) is 18.2. The molecule has 5 aromatic rings. The fraction of sp³-hybridized carbons (Fsp3) is 0.118. The molecule has 0 bridgehead atoms. The number of rotatable bonds is 4. The second-order valence-electron chi connectivity index (χ2n) is 10.1. The monoisotopic (exact) mass is 532 g/mol. The minimum Gasteiger partial charge on any atom is -0.218 e. The molecular formula is C34H28O2S2. The van der Waals surface area contributed by atoms with Gasteiger partial charge in [-0.25, -0.2) is 8.42 Å².